The van der Waals surface area contributed by atoms with Gasteiger partial charge >= 0.3 is 5.97 Å². The van der Waals surface area contributed by atoms with Crippen molar-refractivity contribution in [1.82, 2.24) is 10.6 Å². The Morgan fingerprint density at radius 1 is 1.09 bits per heavy atom. The minimum atomic E-state index is -1.13. The van der Waals surface area contributed by atoms with E-state index in [9.17, 15) is 24.3 Å². The minimum Gasteiger partial charge on any atom is -0.480 e. The molecule has 0 spiro atoms. The Labute approximate surface area is 196 Å². The number of nitrogens with one attached hydrogen (secondary N) is 2. The van der Waals surface area contributed by atoms with Gasteiger partial charge in [0.25, 0.3) is 0 Å². The third-order valence-electron chi connectivity index (χ3n) is 4.43. The van der Waals surface area contributed by atoms with Crippen LogP contribution in [0, 0.1) is 11.3 Å². The summed E-state index contributed by atoms with van der Waals surface area (Å²) in [5.74, 6) is -3.51. The molecule has 1 rings (SSSR count). The number of rotatable bonds is 9. The fourth-order valence-corrected chi connectivity index (χ4v) is 3.43. The third-order valence-corrected chi connectivity index (χ3v) is 5.14. The minimum absolute atomic E-state index is 0.0952. The highest BCUT2D eigenvalue weighted by Gasteiger charge is 2.29. The van der Waals surface area contributed by atoms with E-state index in [-0.39, 0.29) is 25.2 Å². The summed E-state index contributed by atoms with van der Waals surface area (Å²) in [4.78, 5) is 51.5. The highest BCUT2D eigenvalue weighted by molar-refractivity contribution is 6.36. The van der Waals surface area contributed by atoms with E-state index < -0.39 is 41.1 Å². The van der Waals surface area contributed by atoms with Gasteiger partial charge < -0.3 is 16.2 Å². The van der Waals surface area contributed by atoms with Crippen molar-refractivity contribution in [2.24, 2.45) is 22.1 Å². The maximum atomic E-state index is 12.3. The van der Waals surface area contributed by atoms with Crippen LogP contribution in [-0.4, -0.2) is 40.8 Å². The van der Waals surface area contributed by atoms with Crippen molar-refractivity contribution < 1.29 is 24.3 Å². The van der Waals surface area contributed by atoms with Gasteiger partial charge in [-0.25, -0.2) is 4.79 Å². The number of amides is 3. The van der Waals surface area contributed by atoms with E-state index in [4.69, 9.17) is 28.9 Å². The smallest absolute Gasteiger partial charge is 0.326 e. The summed E-state index contributed by atoms with van der Waals surface area (Å²) < 4.78 is 0. The van der Waals surface area contributed by atoms with Crippen LogP contribution in [0.15, 0.2) is 23.2 Å². The molecule has 0 aliphatic heterocycles. The summed E-state index contributed by atoms with van der Waals surface area (Å²) >= 11 is 12.1. The van der Waals surface area contributed by atoms with Crippen molar-refractivity contribution in [3.63, 3.8) is 0 Å². The molecule has 0 fully saturated rings. The number of aliphatic imine (C=N–C) groups is 1. The molecule has 0 aliphatic carbocycles. The molecule has 0 unspecified atom stereocenters. The largest absolute Gasteiger partial charge is 0.480 e. The number of benzene rings is 1. The Kier molecular flexibility index (Phi) is 10.1. The molecule has 3 amide bonds. The van der Waals surface area contributed by atoms with E-state index in [0.29, 0.717) is 15.6 Å². The Morgan fingerprint density at radius 3 is 2.16 bits per heavy atom. The molecule has 32 heavy (non-hydrogen) atoms. The first-order chi connectivity index (χ1) is 14.7. The average Bonchev–Trinajstić information content (AvgIpc) is 2.61. The molecular weight excluding hydrogens is 459 g/mol. The zero-order valence-corrected chi connectivity index (χ0v) is 19.9. The average molecular weight is 487 g/mol. The summed E-state index contributed by atoms with van der Waals surface area (Å²) in [6, 6.07) is 3.81. The normalized spacial score (nSPS) is 12.9. The number of hydrogen-bond acceptors (Lipinski definition) is 4. The molecule has 1 atom stereocenters. The van der Waals surface area contributed by atoms with Gasteiger partial charge in [-0.2, -0.15) is 4.99 Å². The maximum absolute atomic E-state index is 12.3. The van der Waals surface area contributed by atoms with Gasteiger partial charge in [0.15, 0.2) is 0 Å². The van der Waals surface area contributed by atoms with Gasteiger partial charge in [-0.15, -0.1) is 0 Å². The second-order valence-electron chi connectivity index (χ2n) is 8.46. The van der Waals surface area contributed by atoms with Gasteiger partial charge in [-0.3, -0.25) is 19.7 Å². The van der Waals surface area contributed by atoms with Crippen LogP contribution in [0.5, 0.6) is 0 Å². The Balaban J connectivity index is 2.66. The lowest BCUT2D eigenvalue weighted by Gasteiger charge is -2.24. The number of carbonyl (C=O) groups is 4. The first-order valence-electron chi connectivity index (χ1n) is 9.83. The van der Waals surface area contributed by atoms with Crippen LogP contribution in [0.1, 0.15) is 46.1 Å². The lowest BCUT2D eigenvalue weighted by Crippen LogP contribution is -2.45. The SMILES string of the molecule is CC(C)[C@H](NC(=O)CC(C)(C)CC(=O)N=C(N)NC(=O)Cc1c(Cl)cccc1Cl)C(=O)O. The molecule has 11 heteroatoms. The molecule has 0 heterocycles. The van der Waals surface area contributed by atoms with Crippen LogP contribution in [0.2, 0.25) is 10.0 Å². The molecule has 176 valence electrons. The summed E-state index contributed by atoms with van der Waals surface area (Å²) in [7, 11) is 0. The van der Waals surface area contributed by atoms with Crippen molar-refractivity contribution in [3.8, 4) is 0 Å². The molecule has 0 saturated heterocycles. The number of aliphatic carboxylic acids is 1. The van der Waals surface area contributed by atoms with E-state index in [1.165, 1.54) is 0 Å². The van der Waals surface area contributed by atoms with Gasteiger partial charge in [-0.05, 0) is 29.0 Å². The van der Waals surface area contributed by atoms with Crippen LogP contribution in [0.25, 0.3) is 0 Å². The Hall–Kier alpha value is -2.65. The van der Waals surface area contributed by atoms with Crippen molar-refractivity contribution >= 4 is 52.9 Å². The van der Waals surface area contributed by atoms with E-state index in [0.717, 1.165) is 0 Å². The molecule has 5 N–H and O–H groups in total. The molecule has 0 saturated carbocycles. The van der Waals surface area contributed by atoms with Gasteiger partial charge in [0.1, 0.15) is 6.04 Å². The molecular formula is C21H28Cl2N4O5. The molecule has 0 aromatic heterocycles. The molecule has 1 aromatic rings. The molecule has 0 aliphatic rings. The van der Waals surface area contributed by atoms with Gasteiger partial charge in [0.2, 0.25) is 23.7 Å². The topological polar surface area (TPSA) is 151 Å². The van der Waals surface area contributed by atoms with Crippen molar-refractivity contribution in [2.75, 3.05) is 0 Å². The van der Waals surface area contributed by atoms with E-state index in [2.05, 4.69) is 15.6 Å². The van der Waals surface area contributed by atoms with E-state index in [1.54, 1.807) is 45.9 Å². The lowest BCUT2D eigenvalue weighted by atomic mass is 9.85. The van der Waals surface area contributed by atoms with Gasteiger partial charge in [0, 0.05) is 22.9 Å². The predicted molar refractivity (Wildman–Crippen MR) is 122 cm³/mol. The predicted octanol–water partition coefficient (Wildman–Crippen LogP) is 2.53. The second-order valence-corrected chi connectivity index (χ2v) is 9.28. The van der Waals surface area contributed by atoms with Crippen molar-refractivity contribution in [2.45, 2.75) is 53.0 Å². The highest BCUT2D eigenvalue weighted by atomic mass is 35.5. The summed E-state index contributed by atoms with van der Waals surface area (Å²) in [6.07, 6.45) is -0.399. The monoisotopic (exact) mass is 486 g/mol. The summed E-state index contributed by atoms with van der Waals surface area (Å²) in [6.45, 7) is 6.69. The fourth-order valence-electron chi connectivity index (χ4n) is 2.90. The van der Waals surface area contributed by atoms with Crippen LogP contribution < -0.4 is 16.4 Å². The number of carbonyl (C=O) groups excluding carboxylic acids is 3. The van der Waals surface area contributed by atoms with Crippen molar-refractivity contribution in [3.05, 3.63) is 33.8 Å². The number of nitrogens with two attached hydrogens (primary N) is 1. The van der Waals surface area contributed by atoms with Gasteiger partial charge in [-0.1, -0.05) is 57.0 Å². The number of halogens is 2. The Morgan fingerprint density at radius 2 is 1.66 bits per heavy atom. The summed E-state index contributed by atoms with van der Waals surface area (Å²) in [5.41, 5.74) is 5.24. The maximum Gasteiger partial charge on any atom is 0.326 e. The zero-order valence-electron chi connectivity index (χ0n) is 18.4. The second kappa shape index (κ2) is 11.8. The first-order valence-corrected chi connectivity index (χ1v) is 10.6. The van der Waals surface area contributed by atoms with Crippen LogP contribution in [0.3, 0.4) is 0 Å². The Bertz CT molecular complexity index is 895. The van der Waals surface area contributed by atoms with Gasteiger partial charge in [0.05, 0.1) is 6.42 Å². The number of carboxylic acids is 1. The van der Waals surface area contributed by atoms with Crippen molar-refractivity contribution in [1.29, 1.82) is 0 Å². The van der Waals surface area contributed by atoms with E-state index >= 15 is 0 Å². The number of nitrogens with zero attached hydrogens (tertiary/aromatic N) is 1. The van der Waals surface area contributed by atoms with Crippen LogP contribution in [-0.2, 0) is 25.6 Å². The highest BCUT2D eigenvalue weighted by Crippen LogP contribution is 2.26. The third kappa shape index (κ3) is 9.23. The molecule has 1 aromatic carbocycles. The van der Waals surface area contributed by atoms with Crippen LogP contribution >= 0.6 is 23.2 Å². The zero-order chi connectivity index (χ0) is 24.6. The van der Waals surface area contributed by atoms with Crippen LogP contribution in [0.4, 0.5) is 0 Å². The lowest BCUT2D eigenvalue weighted by molar-refractivity contribution is -0.143. The molecule has 0 bridgehead atoms. The number of carboxylic acid groups (broad SMARTS) is 1. The summed E-state index contributed by atoms with van der Waals surface area (Å²) in [5, 5.41) is 14.6. The van der Waals surface area contributed by atoms with E-state index in [1.807, 2.05) is 0 Å². The molecule has 0 radical (unpaired) electrons. The number of guanidine groups is 1. The quantitative estimate of drug-likeness (QED) is 0.310. The number of hydrogen-bond donors (Lipinski definition) is 4. The molecule has 9 nitrogen and oxygen atoms in total. The standard InChI is InChI=1S/C21H28Cl2N4O5/c1-11(2)18(19(31)32)25-16(29)9-21(3,4)10-17(30)27-20(24)26-15(28)8-12-13(22)6-5-7-14(12)23/h5-7,11,18H,8-10H2,1-4H3,(H,25,29)(H,31,32)(H3,24,26,27,28,30)/t18-/m0/s1. The fraction of sp³-hybridized carbons (Fsp3) is 0.476. The first kappa shape index (κ1) is 27.4.